The molecule has 3 N–H and O–H groups in total. The number of hydrogen-bond acceptors (Lipinski definition) is 5. The Balaban J connectivity index is 1.29. The smallest absolute Gasteiger partial charge is 0.236 e. The molecule has 4 rings (SSSR count). The summed E-state index contributed by atoms with van der Waals surface area (Å²) in [4.78, 5) is 17.5. The Bertz CT molecular complexity index is 1120. The highest BCUT2D eigenvalue weighted by atomic mass is 32.2. The summed E-state index contributed by atoms with van der Waals surface area (Å²) in [7, 11) is -1.48. The van der Waals surface area contributed by atoms with Crippen molar-refractivity contribution in [3.63, 3.8) is 0 Å². The fourth-order valence-electron chi connectivity index (χ4n) is 4.41. The molecule has 2 aromatic carbocycles. The number of anilines is 1. The molecule has 1 aliphatic rings. The SMILES string of the molecule is CCn1c(NCCCCc2ccc(S(=O)C3(C(N)=O)CCOCC3)cc2)nc2ccccc21. The van der Waals surface area contributed by atoms with E-state index in [2.05, 4.69) is 22.9 Å². The fraction of sp³-hybridized carbons (Fsp3) is 0.440. The molecule has 2 heterocycles. The third-order valence-corrected chi connectivity index (χ3v) is 8.41. The zero-order chi connectivity index (χ0) is 23.3. The fourth-order valence-corrected chi connectivity index (χ4v) is 5.97. The van der Waals surface area contributed by atoms with Gasteiger partial charge in [0.2, 0.25) is 11.9 Å². The number of carbonyl (C=O) groups is 1. The van der Waals surface area contributed by atoms with Gasteiger partial charge in [0.1, 0.15) is 4.75 Å². The second kappa shape index (κ2) is 10.5. The van der Waals surface area contributed by atoms with E-state index in [4.69, 9.17) is 15.5 Å². The monoisotopic (exact) mass is 468 g/mol. The number of rotatable bonds is 10. The van der Waals surface area contributed by atoms with Crippen LogP contribution in [0.25, 0.3) is 11.0 Å². The van der Waals surface area contributed by atoms with Crippen LogP contribution in [-0.2, 0) is 33.3 Å². The molecule has 7 nitrogen and oxygen atoms in total. The first kappa shape index (κ1) is 23.4. The standard InChI is InChI=1S/C25H32N4O3S/c1-2-29-22-9-4-3-8-21(22)28-24(29)27-16-6-5-7-19-10-12-20(13-11-19)33(31)25(23(26)30)14-17-32-18-15-25/h3-4,8-13H,2,5-7,14-18H2,1H3,(H2,26,30)(H,27,28). The highest BCUT2D eigenvalue weighted by molar-refractivity contribution is 7.87. The van der Waals surface area contributed by atoms with Crippen LogP contribution in [0, 0.1) is 0 Å². The molecule has 0 saturated carbocycles. The Hall–Kier alpha value is -2.71. The van der Waals surface area contributed by atoms with Gasteiger partial charge in [0.05, 0.1) is 21.8 Å². The van der Waals surface area contributed by atoms with Crippen LogP contribution in [0.15, 0.2) is 53.4 Å². The topological polar surface area (TPSA) is 99.2 Å². The number of aromatic nitrogens is 2. The van der Waals surface area contributed by atoms with Crippen LogP contribution in [0.1, 0.15) is 38.2 Å². The lowest BCUT2D eigenvalue weighted by Crippen LogP contribution is -2.51. The normalized spacial score (nSPS) is 16.5. The maximum atomic E-state index is 13.2. The summed E-state index contributed by atoms with van der Waals surface area (Å²) in [5, 5.41) is 3.47. The Morgan fingerprint density at radius 3 is 2.58 bits per heavy atom. The number of nitrogens with one attached hydrogen (secondary N) is 1. The summed E-state index contributed by atoms with van der Waals surface area (Å²) in [5.74, 6) is 0.416. The van der Waals surface area contributed by atoms with E-state index in [1.54, 1.807) is 0 Å². The molecule has 33 heavy (non-hydrogen) atoms. The molecule has 1 amide bonds. The van der Waals surface area contributed by atoms with E-state index in [0.29, 0.717) is 31.0 Å². The Kier molecular flexibility index (Phi) is 7.45. The lowest BCUT2D eigenvalue weighted by molar-refractivity contribution is -0.122. The number of aryl methyl sites for hydroxylation is 2. The highest BCUT2D eigenvalue weighted by Crippen LogP contribution is 2.31. The summed E-state index contributed by atoms with van der Waals surface area (Å²) in [6, 6.07) is 15.9. The van der Waals surface area contributed by atoms with Gasteiger partial charge >= 0.3 is 0 Å². The van der Waals surface area contributed by atoms with Crippen molar-refractivity contribution in [1.29, 1.82) is 0 Å². The van der Waals surface area contributed by atoms with E-state index >= 15 is 0 Å². The van der Waals surface area contributed by atoms with Gasteiger partial charge in [-0.25, -0.2) is 4.98 Å². The number of para-hydroxylation sites is 2. The van der Waals surface area contributed by atoms with Gasteiger partial charge in [0.15, 0.2) is 0 Å². The van der Waals surface area contributed by atoms with Gasteiger partial charge in [-0.3, -0.25) is 9.00 Å². The number of unbranched alkanes of at least 4 members (excludes halogenated alkanes) is 1. The zero-order valence-corrected chi connectivity index (χ0v) is 19.9. The van der Waals surface area contributed by atoms with Crippen LogP contribution in [0.3, 0.4) is 0 Å². The number of benzene rings is 2. The number of nitrogens with zero attached hydrogens (tertiary/aromatic N) is 2. The van der Waals surface area contributed by atoms with Gasteiger partial charge in [0.25, 0.3) is 0 Å². The highest BCUT2D eigenvalue weighted by Gasteiger charge is 2.45. The van der Waals surface area contributed by atoms with Crippen molar-refractivity contribution in [3.05, 3.63) is 54.1 Å². The molecular weight excluding hydrogens is 436 g/mol. The van der Waals surface area contributed by atoms with Crippen LogP contribution < -0.4 is 11.1 Å². The number of hydrogen-bond donors (Lipinski definition) is 2. The average Bonchev–Trinajstić information content (AvgIpc) is 3.21. The number of primary amides is 1. The molecule has 1 fully saturated rings. The molecule has 1 atom stereocenters. The Morgan fingerprint density at radius 2 is 1.88 bits per heavy atom. The first-order valence-electron chi connectivity index (χ1n) is 11.6. The molecule has 1 aliphatic heterocycles. The maximum absolute atomic E-state index is 13.2. The predicted octanol–water partition coefficient (Wildman–Crippen LogP) is 3.63. The van der Waals surface area contributed by atoms with E-state index in [1.807, 2.05) is 42.5 Å². The van der Waals surface area contributed by atoms with Crippen molar-refractivity contribution in [2.75, 3.05) is 25.1 Å². The van der Waals surface area contributed by atoms with E-state index in [-0.39, 0.29) is 0 Å². The molecular formula is C25H32N4O3S. The second-order valence-corrected chi connectivity index (χ2v) is 10.2. The molecule has 0 bridgehead atoms. The molecule has 0 radical (unpaired) electrons. The molecule has 1 unspecified atom stereocenters. The quantitative estimate of drug-likeness (QED) is 0.443. The summed E-state index contributed by atoms with van der Waals surface area (Å²) < 4.78 is 19.7. The van der Waals surface area contributed by atoms with Crippen LogP contribution in [-0.4, -0.2) is 44.2 Å². The van der Waals surface area contributed by atoms with Crippen molar-refractivity contribution in [1.82, 2.24) is 9.55 Å². The minimum Gasteiger partial charge on any atom is -0.381 e. The van der Waals surface area contributed by atoms with Crippen LogP contribution >= 0.6 is 0 Å². The van der Waals surface area contributed by atoms with Crippen molar-refractivity contribution >= 4 is 33.7 Å². The summed E-state index contributed by atoms with van der Waals surface area (Å²) >= 11 is 0. The van der Waals surface area contributed by atoms with Gasteiger partial charge in [-0.1, -0.05) is 24.3 Å². The number of imidazole rings is 1. The Morgan fingerprint density at radius 1 is 1.15 bits per heavy atom. The van der Waals surface area contributed by atoms with Gasteiger partial charge in [-0.15, -0.1) is 0 Å². The number of nitrogens with two attached hydrogens (primary N) is 1. The van der Waals surface area contributed by atoms with Crippen LogP contribution in [0.5, 0.6) is 0 Å². The molecule has 3 aromatic rings. The number of ether oxygens (including phenoxy) is 1. The molecule has 0 aliphatic carbocycles. The van der Waals surface area contributed by atoms with Gasteiger partial charge < -0.3 is 20.4 Å². The maximum Gasteiger partial charge on any atom is 0.236 e. The number of fused-ring (bicyclic) bond motifs is 1. The molecule has 176 valence electrons. The first-order valence-corrected chi connectivity index (χ1v) is 12.8. The third kappa shape index (κ3) is 4.96. The van der Waals surface area contributed by atoms with Gasteiger partial charge in [0, 0.05) is 31.2 Å². The number of amides is 1. The van der Waals surface area contributed by atoms with Crippen molar-refractivity contribution in [3.8, 4) is 0 Å². The van der Waals surface area contributed by atoms with E-state index in [1.165, 1.54) is 5.56 Å². The minimum absolute atomic E-state index is 0.398. The van der Waals surface area contributed by atoms with Crippen LogP contribution in [0.4, 0.5) is 5.95 Å². The largest absolute Gasteiger partial charge is 0.381 e. The van der Waals surface area contributed by atoms with Crippen molar-refractivity contribution in [2.24, 2.45) is 5.73 Å². The molecule has 1 aromatic heterocycles. The lowest BCUT2D eigenvalue weighted by Gasteiger charge is -2.33. The summed E-state index contributed by atoms with van der Waals surface area (Å²) in [5.41, 5.74) is 9.00. The van der Waals surface area contributed by atoms with Gasteiger partial charge in [-0.05, 0) is 68.9 Å². The average molecular weight is 469 g/mol. The van der Waals surface area contributed by atoms with E-state index in [9.17, 15) is 9.00 Å². The molecule has 1 saturated heterocycles. The van der Waals surface area contributed by atoms with E-state index in [0.717, 1.165) is 49.3 Å². The predicted molar refractivity (Wildman–Crippen MR) is 132 cm³/mol. The molecule has 0 spiro atoms. The van der Waals surface area contributed by atoms with Crippen LogP contribution in [0.2, 0.25) is 0 Å². The lowest BCUT2D eigenvalue weighted by atomic mass is 9.98. The number of carbonyl (C=O) groups excluding carboxylic acids is 1. The van der Waals surface area contributed by atoms with Gasteiger partial charge in [-0.2, -0.15) is 0 Å². The van der Waals surface area contributed by atoms with Crippen molar-refractivity contribution in [2.45, 2.75) is 55.2 Å². The molecule has 8 heteroatoms. The Labute approximate surface area is 197 Å². The first-order chi connectivity index (χ1) is 16.0. The summed E-state index contributed by atoms with van der Waals surface area (Å²) in [6.07, 6.45) is 3.79. The third-order valence-electron chi connectivity index (χ3n) is 6.39. The minimum atomic E-state index is -1.48. The summed E-state index contributed by atoms with van der Waals surface area (Å²) in [6.45, 7) is 4.68. The van der Waals surface area contributed by atoms with E-state index < -0.39 is 21.5 Å². The zero-order valence-electron chi connectivity index (χ0n) is 19.1. The second-order valence-electron chi connectivity index (χ2n) is 8.44. The van der Waals surface area contributed by atoms with Crippen molar-refractivity contribution < 1.29 is 13.7 Å².